The van der Waals surface area contributed by atoms with Crippen molar-refractivity contribution in [1.29, 1.82) is 0 Å². The van der Waals surface area contributed by atoms with Crippen molar-refractivity contribution in [3.8, 4) is 11.8 Å². The molecule has 16 heavy (non-hydrogen) atoms. The van der Waals surface area contributed by atoms with Gasteiger partial charge in [-0.1, -0.05) is 30.0 Å². The summed E-state index contributed by atoms with van der Waals surface area (Å²) in [7, 11) is 0. The van der Waals surface area contributed by atoms with Gasteiger partial charge in [-0.15, -0.1) is 0 Å². The summed E-state index contributed by atoms with van der Waals surface area (Å²) in [6.45, 7) is 1.83. The summed E-state index contributed by atoms with van der Waals surface area (Å²) in [6, 6.07) is 9.11. The predicted octanol–water partition coefficient (Wildman–Crippen LogP) is 0.120. The van der Waals surface area contributed by atoms with Crippen LogP contribution in [0.1, 0.15) is 12.5 Å². The summed E-state index contributed by atoms with van der Waals surface area (Å²) in [5.74, 6) is 5.91. The van der Waals surface area contributed by atoms with Crippen LogP contribution in [0.4, 0.5) is 0 Å². The fourth-order valence-electron chi connectivity index (χ4n) is 1.78. The van der Waals surface area contributed by atoms with E-state index in [1.54, 1.807) is 0 Å². The zero-order valence-corrected chi connectivity index (χ0v) is 9.09. The Labute approximate surface area is 95.1 Å². The molecule has 1 aliphatic heterocycles. The first-order valence-corrected chi connectivity index (χ1v) is 5.37. The molecule has 2 rings (SSSR count). The van der Waals surface area contributed by atoms with Gasteiger partial charge in [-0.3, -0.25) is 5.32 Å². The van der Waals surface area contributed by atoms with Gasteiger partial charge in [0.15, 0.2) is 0 Å². The van der Waals surface area contributed by atoms with E-state index in [4.69, 9.17) is 0 Å². The molecular formula is C13H15NO2. The SMILES string of the molecule is C[C@@H]1N[C@@H](C#Cc2ccccc2)[C@H](O)[C@@H]1O. The molecular weight excluding hydrogens is 202 g/mol. The Morgan fingerprint density at radius 2 is 1.81 bits per heavy atom. The van der Waals surface area contributed by atoms with Crippen molar-refractivity contribution in [2.45, 2.75) is 31.2 Å². The summed E-state index contributed by atoms with van der Waals surface area (Å²) < 4.78 is 0. The van der Waals surface area contributed by atoms with E-state index < -0.39 is 12.2 Å². The van der Waals surface area contributed by atoms with Gasteiger partial charge in [0.1, 0.15) is 6.10 Å². The second kappa shape index (κ2) is 4.67. The molecule has 3 heteroatoms. The molecule has 0 bridgehead atoms. The molecule has 1 aromatic rings. The van der Waals surface area contributed by atoms with Crippen LogP contribution in [0.25, 0.3) is 0 Å². The smallest absolute Gasteiger partial charge is 0.108 e. The van der Waals surface area contributed by atoms with Gasteiger partial charge < -0.3 is 10.2 Å². The average Bonchev–Trinajstić information content (AvgIpc) is 2.56. The second-order valence-corrected chi connectivity index (χ2v) is 4.05. The van der Waals surface area contributed by atoms with E-state index in [-0.39, 0.29) is 12.1 Å². The Hall–Kier alpha value is -1.34. The number of aliphatic hydroxyl groups excluding tert-OH is 2. The third kappa shape index (κ3) is 2.25. The summed E-state index contributed by atoms with van der Waals surface area (Å²) in [6.07, 6.45) is -1.55. The zero-order chi connectivity index (χ0) is 11.5. The average molecular weight is 217 g/mol. The monoisotopic (exact) mass is 217 g/mol. The van der Waals surface area contributed by atoms with Gasteiger partial charge >= 0.3 is 0 Å². The third-order valence-corrected chi connectivity index (χ3v) is 2.79. The lowest BCUT2D eigenvalue weighted by Gasteiger charge is -2.09. The number of benzene rings is 1. The fraction of sp³-hybridized carbons (Fsp3) is 0.385. The Kier molecular flexibility index (Phi) is 3.25. The molecule has 0 spiro atoms. The molecule has 0 aliphatic carbocycles. The Morgan fingerprint density at radius 1 is 1.12 bits per heavy atom. The van der Waals surface area contributed by atoms with Crippen molar-refractivity contribution in [2.75, 3.05) is 0 Å². The molecule has 4 atom stereocenters. The molecule has 0 unspecified atom stereocenters. The van der Waals surface area contributed by atoms with Crippen molar-refractivity contribution in [3.63, 3.8) is 0 Å². The standard InChI is InChI=1S/C13H15NO2/c1-9-12(15)13(16)11(14-9)8-7-10-5-3-2-4-6-10/h2-6,9,11-16H,1H3/t9-,11-,12+,13-/m0/s1. The van der Waals surface area contributed by atoms with Gasteiger partial charge in [0.2, 0.25) is 0 Å². The summed E-state index contributed by atoms with van der Waals surface area (Å²) in [5, 5.41) is 22.3. The molecule has 0 radical (unpaired) electrons. The van der Waals surface area contributed by atoms with Gasteiger partial charge in [0, 0.05) is 11.6 Å². The van der Waals surface area contributed by atoms with Crippen LogP contribution in [0.2, 0.25) is 0 Å². The molecule has 3 N–H and O–H groups in total. The number of aliphatic hydroxyl groups is 2. The van der Waals surface area contributed by atoms with Crippen molar-refractivity contribution in [1.82, 2.24) is 5.32 Å². The van der Waals surface area contributed by atoms with E-state index >= 15 is 0 Å². The molecule has 3 nitrogen and oxygen atoms in total. The van der Waals surface area contributed by atoms with E-state index in [0.717, 1.165) is 5.56 Å². The van der Waals surface area contributed by atoms with E-state index in [0.29, 0.717) is 0 Å². The largest absolute Gasteiger partial charge is 0.389 e. The van der Waals surface area contributed by atoms with Crippen molar-refractivity contribution < 1.29 is 10.2 Å². The van der Waals surface area contributed by atoms with Gasteiger partial charge in [-0.05, 0) is 19.1 Å². The number of hydrogen-bond donors (Lipinski definition) is 3. The minimum absolute atomic E-state index is 0.120. The Morgan fingerprint density at radius 3 is 2.38 bits per heavy atom. The van der Waals surface area contributed by atoms with Gasteiger partial charge in [0.25, 0.3) is 0 Å². The third-order valence-electron chi connectivity index (χ3n) is 2.79. The highest BCUT2D eigenvalue weighted by atomic mass is 16.3. The first kappa shape index (κ1) is 11.2. The maximum Gasteiger partial charge on any atom is 0.108 e. The quantitative estimate of drug-likeness (QED) is 0.541. The number of hydrogen-bond acceptors (Lipinski definition) is 3. The summed E-state index contributed by atoms with van der Waals surface area (Å²) in [5.41, 5.74) is 0.908. The van der Waals surface area contributed by atoms with Crippen LogP contribution in [0.15, 0.2) is 30.3 Å². The van der Waals surface area contributed by atoms with E-state index in [1.807, 2.05) is 37.3 Å². The lowest BCUT2D eigenvalue weighted by Crippen LogP contribution is -2.31. The van der Waals surface area contributed by atoms with Crippen molar-refractivity contribution in [3.05, 3.63) is 35.9 Å². The zero-order valence-electron chi connectivity index (χ0n) is 9.09. The van der Waals surface area contributed by atoms with Crippen molar-refractivity contribution >= 4 is 0 Å². The lowest BCUT2D eigenvalue weighted by molar-refractivity contribution is 0.0369. The lowest BCUT2D eigenvalue weighted by atomic mass is 10.1. The van der Waals surface area contributed by atoms with Crippen molar-refractivity contribution in [2.24, 2.45) is 0 Å². The molecule has 84 valence electrons. The van der Waals surface area contributed by atoms with E-state index in [1.165, 1.54) is 0 Å². The number of rotatable bonds is 0. The van der Waals surface area contributed by atoms with Crippen LogP contribution in [0.3, 0.4) is 0 Å². The minimum atomic E-state index is -0.814. The Bertz CT molecular complexity index is 407. The van der Waals surface area contributed by atoms with Crippen LogP contribution >= 0.6 is 0 Å². The highest BCUT2D eigenvalue weighted by Gasteiger charge is 2.37. The van der Waals surface area contributed by atoms with E-state index in [2.05, 4.69) is 17.2 Å². The molecule has 0 saturated carbocycles. The highest BCUT2D eigenvalue weighted by Crippen LogP contribution is 2.13. The molecule has 1 fully saturated rings. The van der Waals surface area contributed by atoms with Crippen LogP contribution in [0.5, 0.6) is 0 Å². The first-order valence-electron chi connectivity index (χ1n) is 5.37. The van der Waals surface area contributed by atoms with Crippen LogP contribution in [0, 0.1) is 11.8 Å². The van der Waals surface area contributed by atoms with Gasteiger partial charge in [0.05, 0.1) is 12.1 Å². The van der Waals surface area contributed by atoms with Crippen LogP contribution in [-0.2, 0) is 0 Å². The highest BCUT2D eigenvalue weighted by molar-refractivity contribution is 5.35. The van der Waals surface area contributed by atoms with E-state index in [9.17, 15) is 10.2 Å². The van der Waals surface area contributed by atoms with Crippen LogP contribution < -0.4 is 5.32 Å². The minimum Gasteiger partial charge on any atom is -0.389 e. The normalized spacial score (nSPS) is 33.2. The molecule has 1 aromatic carbocycles. The maximum atomic E-state index is 9.69. The molecule has 0 aromatic heterocycles. The fourth-order valence-corrected chi connectivity index (χ4v) is 1.78. The molecule has 1 saturated heterocycles. The first-order chi connectivity index (χ1) is 7.68. The summed E-state index contributed by atoms with van der Waals surface area (Å²) in [4.78, 5) is 0. The van der Waals surface area contributed by atoms with Crippen LogP contribution in [-0.4, -0.2) is 34.5 Å². The maximum absolute atomic E-state index is 9.69. The second-order valence-electron chi connectivity index (χ2n) is 4.05. The number of nitrogens with one attached hydrogen (secondary N) is 1. The topological polar surface area (TPSA) is 52.5 Å². The summed E-state index contributed by atoms with van der Waals surface area (Å²) >= 11 is 0. The van der Waals surface area contributed by atoms with Gasteiger partial charge in [-0.2, -0.15) is 0 Å². The predicted molar refractivity (Wildman–Crippen MR) is 61.7 cm³/mol. The Balaban J connectivity index is 2.09. The molecule has 0 amide bonds. The van der Waals surface area contributed by atoms with Gasteiger partial charge in [-0.25, -0.2) is 0 Å². The molecule has 1 aliphatic rings. The molecule has 1 heterocycles.